The van der Waals surface area contributed by atoms with E-state index in [-0.39, 0.29) is 26.4 Å². The lowest BCUT2D eigenvalue weighted by atomic mass is 10.1. The molecule has 1 heterocycles. The third kappa shape index (κ3) is 3.78. The highest BCUT2D eigenvalue weighted by Crippen LogP contribution is 2.41. The van der Waals surface area contributed by atoms with Crippen molar-refractivity contribution in [1.82, 2.24) is 0 Å². The van der Waals surface area contributed by atoms with E-state index in [1.54, 1.807) is 0 Å². The number of amides is 1. The number of ether oxygens (including phenoxy) is 4. The van der Waals surface area contributed by atoms with Crippen molar-refractivity contribution in [3.05, 3.63) is 17.7 Å². The number of nitrogens with zero attached hydrogens (tertiary/aromatic N) is 1. The van der Waals surface area contributed by atoms with Gasteiger partial charge in [0.2, 0.25) is 0 Å². The second-order valence-corrected chi connectivity index (χ2v) is 4.67. The fraction of sp³-hybridized carbons (Fsp3) is 0.400. The highest BCUT2D eigenvalue weighted by molar-refractivity contribution is 6.02. The summed E-state index contributed by atoms with van der Waals surface area (Å²) in [6.45, 7) is -0.152. The molecule has 124 valence electrons. The van der Waals surface area contributed by atoms with Gasteiger partial charge in [0.15, 0.2) is 18.1 Å². The lowest BCUT2D eigenvalue weighted by Crippen LogP contribution is -2.42. The topological polar surface area (TPSA) is 91.4 Å². The van der Waals surface area contributed by atoms with Gasteiger partial charge in [-0.15, -0.1) is 0 Å². The van der Waals surface area contributed by atoms with Crippen molar-refractivity contribution in [2.75, 3.05) is 45.5 Å². The molecular weight excluding hydrogens is 306 g/mol. The van der Waals surface area contributed by atoms with E-state index in [9.17, 15) is 14.4 Å². The van der Waals surface area contributed by atoms with Gasteiger partial charge in [-0.2, -0.15) is 0 Å². The summed E-state index contributed by atoms with van der Waals surface area (Å²) in [6.07, 6.45) is 0.622. The molecular formula is C15H17NO7. The van der Waals surface area contributed by atoms with Crippen molar-refractivity contribution in [2.24, 2.45) is 0 Å². The van der Waals surface area contributed by atoms with E-state index in [1.807, 2.05) is 0 Å². The molecule has 23 heavy (non-hydrogen) atoms. The third-order valence-corrected chi connectivity index (χ3v) is 3.18. The van der Waals surface area contributed by atoms with Gasteiger partial charge in [-0.25, -0.2) is 0 Å². The lowest BCUT2D eigenvalue weighted by molar-refractivity contribution is -0.144. The van der Waals surface area contributed by atoms with E-state index in [0.717, 1.165) is 0 Å². The van der Waals surface area contributed by atoms with Crippen LogP contribution >= 0.6 is 0 Å². The van der Waals surface area contributed by atoms with E-state index in [1.165, 1.54) is 31.3 Å². The number of hydrogen-bond donors (Lipinski definition) is 0. The third-order valence-electron chi connectivity index (χ3n) is 3.18. The maximum absolute atomic E-state index is 12.1. The zero-order chi connectivity index (χ0) is 16.8. The van der Waals surface area contributed by atoms with Crippen LogP contribution in [0.3, 0.4) is 0 Å². The maximum Gasteiger partial charge on any atom is 0.326 e. The Morgan fingerprint density at radius 3 is 2.78 bits per heavy atom. The summed E-state index contributed by atoms with van der Waals surface area (Å²) in [7, 11) is 2.91. The first-order valence-corrected chi connectivity index (χ1v) is 6.85. The molecule has 1 aliphatic heterocycles. The Labute approximate surface area is 132 Å². The smallest absolute Gasteiger partial charge is 0.326 e. The monoisotopic (exact) mass is 323 g/mol. The Hall–Kier alpha value is -2.61. The molecule has 0 bridgehead atoms. The first kappa shape index (κ1) is 16.8. The largest absolute Gasteiger partial charge is 0.493 e. The molecule has 1 aromatic carbocycles. The highest BCUT2D eigenvalue weighted by atomic mass is 16.6. The van der Waals surface area contributed by atoms with Crippen LogP contribution in [0.2, 0.25) is 0 Å². The summed E-state index contributed by atoms with van der Waals surface area (Å²) in [5.41, 5.74) is 0.600. The predicted octanol–water partition coefficient (Wildman–Crippen LogP) is 0.423. The summed E-state index contributed by atoms with van der Waals surface area (Å²) in [4.78, 5) is 36.1. The highest BCUT2D eigenvalue weighted by Gasteiger charge is 2.30. The minimum absolute atomic E-state index is 0.0957. The van der Waals surface area contributed by atoms with Crippen molar-refractivity contribution >= 4 is 23.9 Å². The molecule has 0 aliphatic carbocycles. The second kappa shape index (κ2) is 7.59. The summed E-state index contributed by atoms with van der Waals surface area (Å²) >= 11 is 0. The molecule has 0 saturated carbocycles. The summed E-state index contributed by atoms with van der Waals surface area (Å²) < 4.78 is 20.3. The quantitative estimate of drug-likeness (QED) is 0.408. The van der Waals surface area contributed by atoms with Crippen LogP contribution in [0.4, 0.5) is 5.69 Å². The average molecular weight is 323 g/mol. The van der Waals surface area contributed by atoms with Crippen molar-refractivity contribution < 1.29 is 33.3 Å². The fourth-order valence-corrected chi connectivity index (χ4v) is 2.11. The molecule has 8 nitrogen and oxygen atoms in total. The van der Waals surface area contributed by atoms with Crippen LogP contribution in [0.15, 0.2) is 12.1 Å². The number of esters is 1. The van der Waals surface area contributed by atoms with Crippen LogP contribution in [-0.4, -0.2) is 58.7 Å². The number of methoxy groups -OCH3 is 2. The van der Waals surface area contributed by atoms with Crippen LogP contribution in [-0.2, 0) is 19.1 Å². The molecule has 1 aromatic rings. The van der Waals surface area contributed by atoms with Gasteiger partial charge in [0.1, 0.15) is 19.4 Å². The molecule has 0 fully saturated rings. The van der Waals surface area contributed by atoms with Gasteiger partial charge >= 0.3 is 5.97 Å². The predicted molar refractivity (Wildman–Crippen MR) is 79.1 cm³/mol. The van der Waals surface area contributed by atoms with Gasteiger partial charge in [0.25, 0.3) is 5.91 Å². The zero-order valence-corrected chi connectivity index (χ0v) is 12.9. The first-order valence-electron chi connectivity index (χ1n) is 6.85. The van der Waals surface area contributed by atoms with Crippen molar-refractivity contribution in [2.45, 2.75) is 0 Å². The van der Waals surface area contributed by atoms with Gasteiger partial charge < -0.3 is 18.9 Å². The number of aldehydes is 1. The SMILES string of the molecule is COCCOC(=O)CN1C(=O)COc2c(OC)cc(C=O)cc21. The van der Waals surface area contributed by atoms with E-state index >= 15 is 0 Å². The average Bonchev–Trinajstić information content (AvgIpc) is 2.56. The zero-order valence-electron chi connectivity index (χ0n) is 12.9. The summed E-state index contributed by atoms with van der Waals surface area (Å²) in [5.74, 6) is -0.373. The van der Waals surface area contributed by atoms with Crippen molar-refractivity contribution in [3.63, 3.8) is 0 Å². The van der Waals surface area contributed by atoms with Crippen molar-refractivity contribution in [3.8, 4) is 11.5 Å². The summed E-state index contributed by atoms with van der Waals surface area (Å²) in [6, 6.07) is 2.96. The van der Waals surface area contributed by atoms with E-state index in [0.29, 0.717) is 29.0 Å². The number of rotatable bonds is 7. The Balaban J connectivity index is 2.26. The molecule has 0 saturated heterocycles. The van der Waals surface area contributed by atoms with E-state index < -0.39 is 11.9 Å². The number of benzene rings is 1. The normalized spacial score (nSPS) is 13.1. The molecule has 1 amide bonds. The van der Waals surface area contributed by atoms with Gasteiger partial charge in [-0.1, -0.05) is 0 Å². The van der Waals surface area contributed by atoms with Crippen molar-refractivity contribution in [1.29, 1.82) is 0 Å². The van der Waals surface area contributed by atoms with Gasteiger partial charge in [0.05, 0.1) is 19.4 Å². The molecule has 1 aliphatic rings. The maximum atomic E-state index is 12.1. The van der Waals surface area contributed by atoms with Gasteiger partial charge in [-0.05, 0) is 12.1 Å². The van der Waals surface area contributed by atoms with Crippen LogP contribution in [0.25, 0.3) is 0 Å². The Morgan fingerprint density at radius 2 is 2.13 bits per heavy atom. The van der Waals surface area contributed by atoms with E-state index in [2.05, 4.69) is 0 Å². The van der Waals surface area contributed by atoms with Crippen LogP contribution < -0.4 is 14.4 Å². The molecule has 0 N–H and O–H groups in total. The van der Waals surface area contributed by atoms with Gasteiger partial charge in [-0.3, -0.25) is 19.3 Å². The Kier molecular flexibility index (Phi) is 5.53. The number of fused-ring (bicyclic) bond motifs is 1. The molecule has 0 radical (unpaired) electrons. The van der Waals surface area contributed by atoms with Crippen LogP contribution in [0.1, 0.15) is 10.4 Å². The number of hydrogen-bond acceptors (Lipinski definition) is 7. The molecule has 2 rings (SSSR count). The second-order valence-electron chi connectivity index (χ2n) is 4.67. The number of carbonyl (C=O) groups excluding carboxylic acids is 3. The lowest BCUT2D eigenvalue weighted by Gasteiger charge is -2.29. The Bertz CT molecular complexity index is 614. The first-order chi connectivity index (χ1) is 11.1. The molecule has 0 unspecified atom stereocenters. The molecule has 8 heteroatoms. The van der Waals surface area contributed by atoms with Gasteiger partial charge in [0, 0.05) is 12.7 Å². The fourth-order valence-electron chi connectivity index (χ4n) is 2.11. The Morgan fingerprint density at radius 1 is 1.35 bits per heavy atom. The van der Waals surface area contributed by atoms with Crippen LogP contribution in [0, 0.1) is 0 Å². The molecule has 0 spiro atoms. The standard InChI is InChI=1S/C15H17NO7/c1-20-3-4-22-14(19)7-16-11-5-10(8-17)6-12(21-2)15(11)23-9-13(16)18/h5-6,8H,3-4,7,9H2,1-2H3. The van der Waals surface area contributed by atoms with Crippen LogP contribution in [0.5, 0.6) is 11.5 Å². The molecule has 0 aromatic heterocycles. The van der Waals surface area contributed by atoms with E-state index in [4.69, 9.17) is 18.9 Å². The minimum Gasteiger partial charge on any atom is -0.493 e. The minimum atomic E-state index is -0.585. The summed E-state index contributed by atoms with van der Waals surface area (Å²) in [5, 5.41) is 0. The number of anilines is 1. The molecule has 0 atom stereocenters. The number of carbonyl (C=O) groups is 3.